The number of carboxylic acids is 1. The Balaban J connectivity index is 2.49. The highest BCUT2D eigenvalue weighted by atomic mass is 16.4. The minimum Gasteiger partial charge on any atom is -0.481 e. The second kappa shape index (κ2) is 7.24. The molecule has 0 bridgehead atoms. The van der Waals surface area contributed by atoms with E-state index in [0.717, 1.165) is 25.1 Å². The van der Waals surface area contributed by atoms with E-state index in [1.54, 1.807) is 6.20 Å². The standard InChI is InChI=1S/C15H24N2O2/c1-4-9-15(2,14(18)19)12-17(3)11-8-13-7-5-6-10-16-13/h5-7,10H,4,8-9,11-12H2,1-3H3,(H,18,19). The molecule has 1 aromatic heterocycles. The number of pyridine rings is 1. The van der Waals surface area contributed by atoms with Crippen LogP contribution in [0.2, 0.25) is 0 Å². The summed E-state index contributed by atoms with van der Waals surface area (Å²) in [6.07, 6.45) is 4.22. The number of nitrogens with zero attached hydrogens (tertiary/aromatic N) is 2. The smallest absolute Gasteiger partial charge is 0.310 e. The summed E-state index contributed by atoms with van der Waals surface area (Å²) in [6.45, 7) is 5.25. The Kier molecular flexibility index (Phi) is 5.96. The van der Waals surface area contributed by atoms with Crippen molar-refractivity contribution in [3.8, 4) is 0 Å². The molecule has 0 aliphatic rings. The molecule has 0 aromatic carbocycles. The van der Waals surface area contributed by atoms with E-state index in [4.69, 9.17) is 0 Å². The third-order valence-electron chi connectivity index (χ3n) is 3.41. The molecule has 1 atom stereocenters. The molecule has 4 nitrogen and oxygen atoms in total. The zero-order chi connectivity index (χ0) is 14.3. The van der Waals surface area contributed by atoms with E-state index in [0.29, 0.717) is 13.0 Å². The second-order valence-corrected chi connectivity index (χ2v) is 5.42. The van der Waals surface area contributed by atoms with E-state index in [2.05, 4.69) is 9.88 Å². The molecular formula is C15H24N2O2. The number of carbonyl (C=O) groups is 1. The van der Waals surface area contributed by atoms with Gasteiger partial charge in [-0.1, -0.05) is 19.4 Å². The Hall–Kier alpha value is -1.42. The van der Waals surface area contributed by atoms with Gasteiger partial charge >= 0.3 is 5.97 Å². The molecule has 0 amide bonds. The average Bonchev–Trinajstić information content (AvgIpc) is 2.37. The van der Waals surface area contributed by atoms with Crippen molar-refractivity contribution < 1.29 is 9.90 Å². The summed E-state index contributed by atoms with van der Waals surface area (Å²) in [5.41, 5.74) is 0.384. The highest BCUT2D eigenvalue weighted by Gasteiger charge is 2.33. The maximum atomic E-state index is 11.4. The summed E-state index contributed by atoms with van der Waals surface area (Å²) < 4.78 is 0. The van der Waals surface area contributed by atoms with Gasteiger partial charge in [0.25, 0.3) is 0 Å². The Morgan fingerprint density at radius 2 is 2.21 bits per heavy atom. The van der Waals surface area contributed by atoms with Gasteiger partial charge in [0, 0.05) is 31.4 Å². The van der Waals surface area contributed by atoms with Gasteiger partial charge in [-0.05, 0) is 32.5 Å². The van der Waals surface area contributed by atoms with Gasteiger partial charge in [0.05, 0.1) is 5.41 Å². The third-order valence-corrected chi connectivity index (χ3v) is 3.41. The van der Waals surface area contributed by atoms with Crippen LogP contribution in [0.1, 0.15) is 32.4 Å². The largest absolute Gasteiger partial charge is 0.481 e. The minimum atomic E-state index is -0.709. The first-order valence-corrected chi connectivity index (χ1v) is 6.80. The summed E-state index contributed by atoms with van der Waals surface area (Å²) in [4.78, 5) is 17.7. The highest BCUT2D eigenvalue weighted by molar-refractivity contribution is 5.74. The van der Waals surface area contributed by atoms with Gasteiger partial charge in [0.15, 0.2) is 0 Å². The zero-order valence-corrected chi connectivity index (χ0v) is 12.1. The molecule has 4 heteroatoms. The maximum absolute atomic E-state index is 11.4. The van der Waals surface area contributed by atoms with E-state index in [-0.39, 0.29) is 0 Å². The molecule has 0 radical (unpaired) electrons. The number of hydrogen-bond donors (Lipinski definition) is 1. The number of rotatable bonds is 8. The quantitative estimate of drug-likeness (QED) is 0.783. The highest BCUT2D eigenvalue weighted by Crippen LogP contribution is 2.24. The molecule has 0 saturated heterocycles. The van der Waals surface area contributed by atoms with Crippen molar-refractivity contribution >= 4 is 5.97 Å². The Bertz CT molecular complexity index is 394. The van der Waals surface area contributed by atoms with Gasteiger partial charge in [-0.25, -0.2) is 0 Å². The fourth-order valence-electron chi connectivity index (χ4n) is 2.33. The summed E-state index contributed by atoms with van der Waals surface area (Å²) in [5.74, 6) is -0.709. The SMILES string of the molecule is CCCC(C)(CN(C)CCc1ccccn1)C(=O)O. The Labute approximate surface area is 115 Å². The van der Waals surface area contributed by atoms with Crippen LogP contribution in [0.5, 0.6) is 0 Å². The van der Waals surface area contributed by atoms with Crippen LogP contribution in [0, 0.1) is 5.41 Å². The first kappa shape index (κ1) is 15.6. The van der Waals surface area contributed by atoms with E-state index >= 15 is 0 Å². The van der Waals surface area contributed by atoms with Crippen molar-refractivity contribution in [1.82, 2.24) is 9.88 Å². The molecule has 0 aliphatic heterocycles. The van der Waals surface area contributed by atoms with E-state index in [1.807, 2.05) is 39.1 Å². The normalized spacial score (nSPS) is 14.3. The van der Waals surface area contributed by atoms with Gasteiger partial charge in [-0.2, -0.15) is 0 Å². The van der Waals surface area contributed by atoms with Gasteiger partial charge in [0.1, 0.15) is 0 Å². The Morgan fingerprint density at radius 3 is 2.74 bits per heavy atom. The molecule has 19 heavy (non-hydrogen) atoms. The fourth-order valence-corrected chi connectivity index (χ4v) is 2.33. The molecule has 106 valence electrons. The third kappa shape index (κ3) is 4.99. The van der Waals surface area contributed by atoms with Crippen molar-refractivity contribution in [3.05, 3.63) is 30.1 Å². The van der Waals surface area contributed by atoms with Gasteiger partial charge in [0.2, 0.25) is 0 Å². The lowest BCUT2D eigenvalue weighted by molar-refractivity contribution is -0.149. The monoisotopic (exact) mass is 264 g/mol. The van der Waals surface area contributed by atoms with Crippen molar-refractivity contribution in [1.29, 1.82) is 0 Å². The predicted molar refractivity (Wildman–Crippen MR) is 76.1 cm³/mol. The number of likely N-dealkylation sites (N-methyl/N-ethyl adjacent to an activating group) is 1. The second-order valence-electron chi connectivity index (χ2n) is 5.42. The molecule has 0 fully saturated rings. The van der Waals surface area contributed by atoms with Gasteiger partial charge in [-0.15, -0.1) is 0 Å². The van der Waals surface area contributed by atoms with Crippen LogP contribution in [0.3, 0.4) is 0 Å². The van der Waals surface area contributed by atoms with Crippen LogP contribution in [-0.4, -0.2) is 41.1 Å². The molecule has 1 N–H and O–H groups in total. The van der Waals surface area contributed by atoms with Crippen molar-refractivity contribution in [2.45, 2.75) is 33.1 Å². The first-order chi connectivity index (χ1) is 8.98. The van der Waals surface area contributed by atoms with Gasteiger partial charge in [-0.3, -0.25) is 9.78 Å². The lowest BCUT2D eigenvalue weighted by Gasteiger charge is -2.29. The molecular weight excluding hydrogens is 240 g/mol. The van der Waals surface area contributed by atoms with Crippen LogP contribution in [0.4, 0.5) is 0 Å². The lowest BCUT2D eigenvalue weighted by Crippen LogP contribution is -2.40. The number of aliphatic carboxylic acids is 1. The van der Waals surface area contributed by atoms with Crippen LogP contribution in [0.25, 0.3) is 0 Å². The van der Waals surface area contributed by atoms with E-state index in [1.165, 1.54) is 0 Å². The first-order valence-electron chi connectivity index (χ1n) is 6.80. The van der Waals surface area contributed by atoms with E-state index in [9.17, 15) is 9.90 Å². The van der Waals surface area contributed by atoms with Crippen LogP contribution in [-0.2, 0) is 11.2 Å². The topological polar surface area (TPSA) is 53.4 Å². The summed E-state index contributed by atoms with van der Waals surface area (Å²) in [7, 11) is 1.97. The fraction of sp³-hybridized carbons (Fsp3) is 0.600. The van der Waals surface area contributed by atoms with E-state index < -0.39 is 11.4 Å². The average molecular weight is 264 g/mol. The van der Waals surface area contributed by atoms with Crippen molar-refractivity contribution in [2.24, 2.45) is 5.41 Å². The van der Waals surface area contributed by atoms with Gasteiger partial charge < -0.3 is 10.0 Å². The maximum Gasteiger partial charge on any atom is 0.310 e. The summed E-state index contributed by atoms with van der Waals surface area (Å²) >= 11 is 0. The van der Waals surface area contributed by atoms with Crippen LogP contribution < -0.4 is 0 Å². The number of aromatic nitrogens is 1. The molecule has 1 rings (SSSR count). The molecule has 0 aliphatic carbocycles. The summed E-state index contributed by atoms with van der Waals surface area (Å²) in [6, 6.07) is 5.87. The number of hydrogen-bond acceptors (Lipinski definition) is 3. The number of carboxylic acid groups (broad SMARTS) is 1. The lowest BCUT2D eigenvalue weighted by atomic mass is 9.85. The molecule has 0 spiro atoms. The van der Waals surface area contributed by atoms with Crippen LogP contribution >= 0.6 is 0 Å². The van der Waals surface area contributed by atoms with Crippen LogP contribution in [0.15, 0.2) is 24.4 Å². The molecule has 1 aromatic rings. The minimum absolute atomic E-state index is 0.572. The molecule has 1 unspecified atom stereocenters. The zero-order valence-electron chi connectivity index (χ0n) is 12.1. The van der Waals surface area contributed by atoms with Crippen molar-refractivity contribution in [3.63, 3.8) is 0 Å². The molecule has 1 heterocycles. The van der Waals surface area contributed by atoms with Crippen molar-refractivity contribution in [2.75, 3.05) is 20.1 Å². The Morgan fingerprint density at radius 1 is 1.47 bits per heavy atom. The summed E-state index contributed by atoms with van der Waals surface area (Å²) in [5, 5.41) is 9.36. The molecule has 0 saturated carbocycles. The predicted octanol–water partition coefficient (Wildman–Crippen LogP) is 2.45.